The van der Waals surface area contributed by atoms with E-state index in [0.29, 0.717) is 22.9 Å². The molecule has 4 nitrogen and oxygen atoms in total. The van der Waals surface area contributed by atoms with Crippen LogP contribution in [0.5, 0.6) is 0 Å². The number of aliphatic hydroxyl groups excluding tert-OH is 1. The Labute approximate surface area is 106 Å². The summed E-state index contributed by atoms with van der Waals surface area (Å²) in [4.78, 5) is 0. The first-order chi connectivity index (χ1) is 8.14. The highest BCUT2D eigenvalue weighted by Gasteiger charge is 2.26. The average molecular weight is 275 g/mol. The fourth-order valence-electron chi connectivity index (χ4n) is 1.98. The normalized spacial score (nSPS) is 19.1. The van der Waals surface area contributed by atoms with Crippen molar-refractivity contribution in [3.05, 3.63) is 17.0 Å². The molecule has 0 aliphatic carbocycles. The van der Waals surface area contributed by atoms with Gasteiger partial charge in [-0.25, -0.2) is 8.42 Å². The molecule has 0 bridgehead atoms. The van der Waals surface area contributed by atoms with Gasteiger partial charge >= 0.3 is 0 Å². The van der Waals surface area contributed by atoms with Crippen LogP contribution in [0.2, 0.25) is 0 Å². The van der Waals surface area contributed by atoms with Crippen LogP contribution in [0.15, 0.2) is 15.7 Å². The molecular weight excluding hydrogens is 258 g/mol. The lowest BCUT2D eigenvalue weighted by atomic mass is 10.2. The van der Waals surface area contributed by atoms with E-state index in [1.54, 1.807) is 15.8 Å². The van der Waals surface area contributed by atoms with Gasteiger partial charge in [0.15, 0.2) is 0 Å². The number of nitrogens with zero attached hydrogens (tertiary/aromatic N) is 1. The second-order valence-electron chi connectivity index (χ2n) is 4.25. The van der Waals surface area contributed by atoms with Crippen molar-refractivity contribution in [3.63, 3.8) is 0 Å². The van der Waals surface area contributed by atoms with Crippen molar-refractivity contribution in [2.45, 2.75) is 36.5 Å². The molecule has 96 valence electrons. The van der Waals surface area contributed by atoms with Gasteiger partial charge in [0.1, 0.15) is 4.21 Å². The van der Waals surface area contributed by atoms with E-state index < -0.39 is 10.0 Å². The monoisotopic (exact) mass is 275 g/mol. The number of rotatable bonds is 3. The van der Waals surface area contributed by atoms with Crippen molar-refractivity contribution in [1.82, 2.24) is 4.31 Å². The summed E-state index contributed by atoms with van der Waals surface area (Å²) in [6.45, 7) is 1.13. The third-order valence-electron chi connectivity index (χ3n) is 2.97. The Morgan fingerprint density at radius 1 is 1.24 bits per heavy atom. The molecule has 2 heterocycles. The van der Waals surface area contributed by atoms with Crippen LogP contribution in [0.4, 0.5) is 0 Å². The molecule has 1 fully saturated rings. The van der Waals surface area contributed by atoms with Gasteiger partial charge in [-0.3, -0.25) is 0 Å². The molecule has 17 heavy (non-hydrogen) atoms. The van der Waals surface area contributed by atoms with Gasteiger partial charge in [-0.1, -0.05) is 12.8 Å². The minimum Gasteiger partial charge on any atom is -0.392 e. The van der Waals surface area contributed by atoms with Crippen LogP contribution >= 0.6 is 11.3 Å². The summed E-state index contributed by atoms with van der Waals surface area (Å²) in [5, 5.41) is 10.7. The molecule has 6 heteroatoms. The number of hydrogen-bond acceptors (Lipinski definition) is 4. The SMILES string of the molecule is O=S(=O)(c1cc(CO)cs1)N1CCCCCC1. The highest BCUT2D eigenvalue weighted by atomic mass is 32.2. The lowest BCUT2D eigenvalue weighted by molar-refractivity contribution is 0.282. The van der Waals surface area contributed by atoms with Gasteiger partial charge in [0.2, 0.25) is 0 Å². The predicted octanol–water partition coefficient (Wildman–Crippen LogP) is 1.81. The van der Waals surface area contributed by atoms with Crippen molar-refractivity contribution in [2.75, 3.05) is 13.1 Å². The van der Waals surface area contributed by atoms with Crippen LogP contribution in [-0.2, 0) is 16.6 Å². The van der Waals surface area contributed by atoms with Crippen molar-refractivity contribution in [3.8, 4) is 0 Å². The van der Waals surface area contributed by atoms with E-state index in [1.165, 1.54) is 11.3 Å². The number of hydrogen-bond donors (Lipinski definition) is 1. The number of aliphatic hydroxyl groups is 1. The van der Waals surface area contributed by atoms with Crippen LogP contribution < -0.4 is 0 Å². The fraction of sp³-hybridized carbons (Fsp3) is 0.636. The van der Waals surface area contributed by atoms with Gasteiger partial charge in [0, 0.05) is 13.1 Å². The summed E-state index contributed by atoms with van der Waals surface area (Å²) in [5.41, 5.74) is 0.670. The lowest BCUT2D eigenvalue weighted by Gasteiger charge is -2.18. The van der Waals surface area contributed by atoms with Crippen LogP contribution in [0.1, 0.15) is 31.2 Å². The quantitative estimate of drug-likeness (QED) is 0.915. The number of thiophene rings is 1. The first kappa shape index (κ1) is 13.0. The average Bonchev–Trinajstić information content (AvgIpc) is 2.64. The largest absolute Gasteiger partial charge is 0.392 e. The maximum Gasteiger partial charge on any atom is 0.252 e. The lowest BCUT2D eigenvalue weighted by Crippen LogP contribution is -2.31. The van der Waals surface area contributed by atoms with Crippen molar-refractivity contribution < 1.29 is 13.5 Å². The second-order valence-corrected chi connectivity index (χ2v) is 7.33. The van der Waals surface area contributed by atoms with E-state index in [1.807, 2.05) is 0 Å². The summed E-state index contributed by atoms with van der Waals surface area (Å²) in [6, 6.07) is 1.57. The fourth-order valence-corrected chi connectivity index (χ4v) is 4.85. The first-order valence-corrected chi connectivity index (χ1v) is 8.15. The van der Waals surface area contributed by atoms with E-state index in [2.05, 4.69) is 0 Å². The van der Waals surface area contributed by atoms with Crippen molar-refractivity contribution in [2.24, 2.45) is 0 Å². The Kier molecular flexibility index (Phi) is 4.19. The minimum absolute atomic E-state index is 0.105. The molecule has 1 aliphatic heterocycles. The summed E-state index contributed by atoms with van der Waals surface area (Å²) in [7, 11) is -3.33. The van der Waals surface area contributed by atoms with Crippen LogP contribution in [0, 0.1) is 0 Å². The zero-order valence-electron chi connectivity index (χ0n) is 9.63. The van der Waals surface area contributed by atoms with E-state index >= 15 is 0 Å². The topological polar surface area (TPSA) is 57.6 Å². The highest BCUT2D eigenvalue weighted by Crippen LogP contribution is 2.25. The smallest absolute Gasteiger partial charge is 0.252 e. The maximum absolute atomic E-state index is 12.3. The second kappa shape index (κ2) is 5.48. The summed E-state index contributed by atoms with van der Waals surface area (Å²) < 4.78 is 26.6. The molecule has 0 amide bonds. The maximum atomic E-state index is 12.3. The van der Waals surface area contributed by atoms with E-state index in [0.717, 1.165) is 25.7 Å². The Morgan fingerprint density at radius 2 is 1.88 bits per heavy atom. The predicted molar refractivity (Wildman–Crippen MR) is 67.5 cm³/mol. The van der Waals surface area contributed by atoms with Crippen molar-refractivity contribution >= 4 is 21.4 Å². The third kappa shape index (κ3) is 2.88. The van der Waals surface area contributed by atoms with E-state index in [-0.39, 0.29) is 6.61 Å². The van der Waals surface area contributed by atoms with E-state index in [9.17, 15) is 8.42 Å². The van der Waals surface area contributed by atoms with Gasteiger partial charge in [0.25, 0.3) is 10.0 Å². The summed E-state index contributed by atoms with van der Waals surface area (Å²) in [6.07, 6.45) is 4.10. The molecule has 0 radical (unpaired) electrons. The van der Waals surface area contributed by atoms with Gasteiger partial charge in [-0.05, 0) is 29.9 Å². The molecule has 1 N–H and O–H groups in total. The third-order valence-corrected chi connectivity index (χ3v) is 6.33. The first-order valence-electron chi connectivity index (χ1n) is 5.83. The van der Waals surface area contributed by atoms with Gasteiger partial charge in [-0.15, -0.1) is 11.3 Å². The van der Waals surface area contributed by atoms with Crippen LogP contribution in [0.3, 0.4) is 0 Å². The zero-order chi connectivity index (χ0) is 12.3. The van der Waals surface area contributed by atoms with Gasteiger partial charge < -0.3 is 5.11 Å². The van der Waals surface area contributed by atoms with Crippen LogP contribution in [-0.4, -0.2) is 30.9 Å². The molecule has 0 spiro atoms. The molecule has 0 atom stereocenters. The Balaban J connectivity index is 2.22. The standard InChI is InChI=1S/C11H17NO3S2/c13-8-10-7-11(16-9-10)17(14,15)12-5-3-1-2-4-6-12/h7,9,13H,1-6,8H2. The minimum atomic E-state index is -3.33. The molecule has 1 aliphatic rings. The highest BCUT2D eigenvalue weighted by molar-refractivity contribution is 7.91. The van der Waals surface area contributed by atoms with Crippen molar-refractivity contribution in [1.29, 1.82) is 0 Å². The van der Waals surface area contributed by atoms with Gasteiger partial charge in [0.05, 0.1) is 6.61 Å². The van der Waals surface area contributed by atoms with E-state index in [4.69, 9.17) is 5.11 Å². The Bertz CT molecular complexity index is 459. The molecule has 1 aromatic rings. The molecule has 2 rings (SSSR count). The molecule has 0 aromatic carbocycles. The Morgan fingerprint density at radius 3 is 2.41 bits per heavy atom. The molecular formula is C11H17NO3S2. The molecule has 0 unspecified atom stereocenters. The number of sulfonamides is 1. The molecule has 1 saturated heterocycles. The molecule has 1 aromatic heterocycles. The summed E-state index contributed by atoms with van der Waals surface area (Å²) >= 11 is 1.19. The van der Waals surface area contributed by atoms with Crippen LogP contribution in [0.25, 0.3) is 0 Å². The Hall–Kier alpha value is -0.430. The zero-order valence-corrected chi connectivity index (χ0v) is 11.3. The summed E-state index contributed by atoms with van der Waals surface area (Å²) in [5.74, 6) is 0. The molecule has 0 saturated carbocycles. The van der Waals surface area contributed by atoms with Gasteiger partial charge in [-0.2, -0.15) is 4.31 Å².